The largest absolute Gasteiger partial charge is 0.393 e. The van der Waals surface area contributed by atoms with E-state index >= 15 is 0 Å². The van der Waals surface area contributed by atoms with Gasteiger partial charge in [0.25, 0.3) is 11.5 Å². The highest BCUT2D eigenvalue weighted by atomic mass is 16.3. The Hall–Kier alpha value is -2.93. The molecule has 0 atom stereocenters. The van der Waals surface area contributed by atoms with E-state index in [9.17, 15) is 19.5 Å². The van der Waals surface area contributed by atoms with Crippen LogP contribution in [0.15, 0.2) is 41.3 Å². The van der Waals surface area contributed by atoms with Crippen molar-refractivity contribution < 1.29 is 14.7 Å². The minimum absolute atomic E-state index is 0.0165. The Kier molecular flexibility index (Phi) is 5.72. The van der Waals surface area contributed by atoms with Gasteiger partial charge in [-0.2, -0.15) is 0 Å². The van der Waals surface area contributed by atoms with Gasteiger partial charge in [0.2, 0.25) is 5.91 Å². The maximum atomic E-state index is 13.2. The highest BCUT2D eigenvalue weighted by Gasteiger charge is 2.32. The number of carbonyl (C=O) groups excluding carboxylic acids is 2. The molecule has 0 bridgehead atoms. The van der Waals surface area contributed by atoms with E-state index in [2.05, 4.69) is 5.32 Å². The van der Waals surface area contributed by atoms with E-state index in [0.29, 0.717) is 45.3 Å². The van der Waals surface area contributed by atoms with Gasteiger partial charge in [0, 0.05) is 38.8 Å². The number of hydrogen-bond donors (Lipinski definition) is 2. The van der Waals surface area contributed by atoms with Crippen molar-refractivity contribution in [2.75, 3.05) is 6.54 Å². The maximum Gasteiger partial charge on any atom is 0.263 e. The van der Waals surface area contributed by atoms with Crippen molar-refractivity contribution in [1.29, 1.82) is 0 Å². The number of carbonyl (C=O) groups is 2. The summed E-state index contributed by atoms with van der Waals surface area (Å²) in [5.41, 5.74) is 2.60. The van der Waals surface area contributed by atoms with E-state index in [1.807, 2.05) is 30.3 Å². The summed E-state index contributed by atoms with van der Waals surface area (Å²) in [6.45, 7) is 2.89. The molecule has 1 aromatic carbocycles. The molecule has 7 nitrogen and oxygen atoms in total. The molecule has 2 aromatic rings. The van der Waals surface area contributed by atoms with Gasteiger partial charge in [-0.15, -0.1) is 0 Å². The van der Waals surface area contributed by atoms with Gasteiger partial charge in [-0.25, -0.2) is 0 Å². The molecule has 1 aliphatic carbocycles. The Bertz CT molecular complexity index is 1010. The normalized spacial score (nSPS) is 20.3. The van der Waals surface area contributed by atoms with Crippen LogP contribution in [0.1, 0.15) is 46.8 Å². The number of hydrogen-bond acceptors (Lipinski definition) is 4. The molecule has 1 fully saturated rings. The lowest BCUT2D eigenvalue weighted by Gasteiger charge is -2.33. The number of pyridine rings is 1. The molecule has 1 saturated carbocycles. The zero-order valence-electron chi connectivity index (χ0n) is 17.1. The molecule has 2 aliphatic rings. The lowest BCUT2D eigenvalue weighted by atomic mass is 9.89. The molecular weight excluding hydrogens is 382 g/mol. The Morgan fingerprint density at radius 2 is 1.93 bits per heavy atom. The quantitative estimate of drug-likeness (QED) is 0.778. The molecule has 0 saturated heterocycles. The Morgan fingerprint density at radius 1 is 1.20 bits per heavy atom. The number of nitrogens with one attached hydrogen (secondary N) is 1. The van der Waals surface area contributed by atoms with Crippen molar-refractivity contribution in [3.8, 4) is 0 Å². The van der Waals surface area contributed by atoms with Crippen LogP contribution in [0, 0.1) is 0 Å². The number of benzene rings is 1. The molecule has 4 rings (SSSR count). The van der Waals surface area contributed by atoms with Gasteiger partial charge in [0.15, 0.2) is 0 Å². The van der Waals surface area contributed by atoms with Gasteiger partial charge in [-0.3, -0.25) is 14.4 Å². The van der Waals surface area contributed by atoms with Gasteiger partial charge in [0.1, 0.15) is 5.56 Å². The van der Waals surface area contributed by atoms with Gasteiger partial charge < -0.3 is 19.9 Å². The zero-order valence-corrected chi connectivity index (χ0v) is 17.1. The topological polar surface area (TPSA) is 91.6 Å². The fourth-order valence-corrected chi connectivity index (χ4v) is 4.24. The standard InChI is InChI=1S/C23H27N3O4/c1-15(27)25-10-8-20-17(13-25)14-26(9-7-16-5-3-2-4-6-16)23(30)21(20)22(29)24-18-11-19(28)12-18/h2-6,14,18-19,28H,7-13H2,1H3,(H,24,29). The third-order valence-corrected chi connectivity index (χ3v) is 6.07. The van der Waals surface area contributed by atoms with Crippen molar-refractivity contribution in [3.63, 3.8) is 0 Å². The third kappa shape index (κ3) is 4.16. The maximum absolute atomic E-state index is 13.2. The molecule has 0 spiro atoms. The summed E-state index contributed by atoms with van der Waals surface area (Å²) in [5, 5.41) is 12.4. The molecule has 2 amide bonds. The smallest absolute Gasteiger partial charge is 0.263 e. The number of rotatable bonds is 5. The molecule has 158 valence electrons. The fourth-order valence-electron chi connectivity index (χ4n) is 4.24. The molecule has 2 N–H and O–H groups in total. The van der Waals surface area contributed by atoms with Crippen LogP contribution in [0.5, 0.6) is 0 Å². The van der Waals surface area contributed by atoms with Crippen LogP contribution in [0.2, 0.25) is 0 Å². The Morgan fingerprint density at radius 3 is 2.60 bits per heavy atom. The lowest BCUT2D eigenvalue weighted by Crippen LogP contribution is -2.49. The van der Waals surface area contributed by atoms with Crippen LogP contribution in [0.25, 0.3) is 0 Å². The second kappa shape index (κ2) is 8.44. The minimum Gasteiger partial charge on any atom is -0.393 e. The predicted octanol–water partition coefficient (Wildman–Crippen LogP) is 1.25. The fraction of sp³-hybridized carbons (Fsp3) is 0.435. The van der Waals surface area contributed by atoms with E-state index in [1.54, 1.807) is 15.7 Å². The number of amides is 2. The van der Waals surface area contributed by atoms with Crippen LogP contribution in [-0.2, 0) is 30.7 Å². The number of nitrogens with zero attached hydrogens (tertiary/aromatic N) is 2. The summed E-state index contributed by atoms with van der Waals surface area (Å²) >= 11 is 0. The van der Waals surface area contributed by atoms with Gasteiger partial charge in [-0.05, 0) is 42.4 Å². The number of aliphatic hydroxyl groups is 1. The van der Waals surface area contributed by atoms with Crippen molar-refractivity contribution in [3.05, 3.63) is 69.1 Å². The first-order valence-electron chi connectivity index (χ1n) is 10.5. The van der Waals surface area contributed by atoms with Gasteiger partial charge in [-0.1, -0.05) is 30.3 Å². The Labute approximate surface area is 175 Å². The summed E-state index contributed by atoms with van der Waals surface area (Å²) in [7, 11) is 0. The highest BCUT2D eigenvalue weighted by molar-refractivity contribution is 5.96. The highest BCUT2D eigenvalue weighted by Crippen LogP contribution is 2.23. The van der Waals surface area contributed by atoms with Crippen molar-refractivity contribution in [1.82, 2.24) is 14.8 Å². The molecule has 0 radical (unpaired) electrons. The third-order valence-electron chi connectivity index (χ3n) is 6.07. The van der Waals surface area contributed by atoms with Crippen LogP contribution in [0.4, 0.5) is 0 Å². The molecule has 1 aliphatic heterocycles. The second-order valence-corrected chi connectivity index (χ2v) is 8.23. The molecule has 30 heavy (non-hydrogen) atoms. The first-order valence-corrected chi connectivity index (χ1v) is 10.5. The Balaban J connectivity index is 1.66. The summed E-state index contributed by atoms with van der Waals surface area (Å²) in [5.74, 6) is -0.393. The number of fused-ring (bicyclic) bond motifs is 1. The minimum atomic E-state index is -0.383. The van der Waals surface area contributed by atoms with E-state index in [4.69, 9.17) is 0 Å². The first-order chi connectivity index (χ1) is 14.4. The average Bonchev–Trinajstić information content (AvgIpc) is 2.71. The van der Waals surface area contributed by atoms with E-state index in [1.165, 1.54) is 6.92 Å². The molecule has 1 aromatic heterocycles. The van der Waals surface area contributed by atoms with Crippen molar-refractivity contribution in [2.24, 2.45) is 0 Å². The van der Waals surface area contributed by atoms with Crippen LogP contribution in [-0.4, -0.2) is 45.1 Å². The summed E-state index contributed by atoms with van der Waals surface area (Å²) in [4.78, 5) is 39.8. The van der Waals surface area contributed by atoms with Gasteiger partial charge in [0.05, 0.1) is 6.10 Å². The van der Waals surface area contributed by atoms with Gasteiger partial charge >= 0.3 is 0 Å². The lowest BCUT2D eigenvalue weighted by molar-refractivity contribution is -0.129. The van der Waals surface area contributed by atoms with E-state index < -0.39 is 0 Å². The average molecular weight is 409 g/mol. The molecule has 7 heteroatoms. The van der Waals surface area contributed by atoms with E-state index in [-0.39, 0.29) is 35.1 Å². The molecule has 2 heterocycles. The zero-order chi connectivity index (χ0) is 21.3. The van der Waals surface area contributed by atoms with E-state index in [0.717, 1.165) is 16.7 Å². The number of aryl methyl sites for hydroxylation is 2. The van der Waals surface area contributed by atoms with Crippen LogP contribution in [0.3, 0.4) is 0 Å². The summed E-state index contributed by atoms with van der Waals surface area (Å²) < 4.78 is 1.60. The summed E-state index contributed by atoms with van der Waals surface area (Å²) in [6, 6.07) is 9.79. The second-order valence-electron chi connectivity index (χ2n) is 8.23. The molecular formula is C23H27N3O4. The summed E-state index contributed by atoms with van der Waals surface area (Å²) in [6.07, 6.45) is 3.61. The monoisotopic (exact) mass is 409 g/mol. The SMILES string of the molecule is CC(=O)N1CCc2c(cn(CCc3ccccc3)c(=O)c2C(=O)NC2CC(O)C2)C1. The van der Waals surface area contributed by atoms with Crippen molar-refractivity contribution >= 4 is 11.8 Å². The molecule has 0 unspecified atom stereocenters. The first kappa shape index (κ1) is 20.3. The van der Waals surface area contributed by atoms with Crippen molar-refractivity contribution in [2.45, 2.75) is 57.8 Å². The number of aliphatic hydroxyl groups excluding tert-OH is 1. The number of aromatic nitrogens is 1. The van der Waals surface area contributed by atoms with Crippen LogP contribution < -0.4 is 10.9 Å². The predicted molar refractivity (Wildman–Crippen MR) is 112 cm³/mol. The van der Waals surface area contributed by atoms with Crippen LogP contribution >= 0.6 is 0 Å².